The molecule has 1 aliphatic carbocycles. The summed E-state index contributed by atoms with van der Waals surface area (Å²) < 4.78 is 11.6. The van der Waals surface area contributed by atoms with Gasteiger partial charge in [0.25, 0.3) is 0 Å². The Morgan fingerprint density at radius 1 is 1.16 bits per heavy atom. The van der Waals surface area contributed by atoms with Gasteiger partial charge >= 0.3 is 0 Å². The molecular formula is C20H37NO4. The van der Waals surface area contributed by atoms with Crippen LogP contribution >= 0.6 is 0 Å². The molecule has 0 aliphatic heterocycles. The van der Waals surface area contributed by atoms with Gasteiger partial charge < -0.3 is 19.9 Å². The van der Waals surface area contributed by atoms with Crippen LogP contribution in [0.4, 0.5) is 0 Å². The average molecular weight is 356 g/mol. The lowest BCUT2D eigenvalue weighted by Gasteiger charge is -2.30. The molecule has 1 aliphatic rings. The van der Waals surface area contributed by atoms with Crippen LogP contribution in [-0.4, -0.2) is 48.1 Å². The molecule has 0 aromatic heterocycles. The fourth-order valence-corrected chi connectivity index (χ4v) is 2.89. The van der Waals surface area contributed by atoms with E-state index in [0.717, 1.165) is 32.1 Å². The van der Waals surface area contributed by atoms with Gasteiger partial charge in [-0.2, -0.15) is 0 Å². The molecule has 1 atom stereocenters. The summed E-state index contributed by atoms with van der Waals surface area (Å²) in [6.07, 6.45) is 11.2. The number of rotatable bonds is 10. The van der Waals surface area contributed by atoms with E-state index in [0.29, 0.717) is 19.4 Å². The Morgan fingerprint density at radius 3 is 2.60 bits per heavy atom. The number of aliphatic hydroxyl groups is 1. The Labute approximate surface area is 153 Å². The molecule has 2 N–H and O–H groups in total. The summed E-state index contributed by atoms with van der Waals surface area (Å²) in [6.45, 7) is 8.69. The van der Waals surface area contributed by atoms with Crippen molar-refractivity contribution in [2.24, 2.45) is 0 Å². The molecule has 0 saturated carbocycles. The van der Waals surface area contributed by atoms with Gasteiger partial charge in [0.15, 0.2) is 0 Å². The van der Waals surface area contributed by atoms with Gasteiger partial charge in [-0.05, 0) is 72.6 Å². The molecule has 25 heavy (non-hydrogen) atoms. The van der Waals surface area contributed by atoms with Crippen molar-refractivity contribution in [3.8, 4) is 0 Å². The molecule has 146 valence electrons. The molecule has 0 aromatic rings. The second-order valence-corrected chi connectivity index (χ2v) is 8.18. The molecule has 5 nitrogen and oxygen atoms in total. The minimum atomic E-state index is -0.348. The van der Waals surface area contributed by atoms with E-state index < -0.39 is 0 Å². The van der Waals surface area contributed by atoms with E-state index in [1.807, 2.05) is 27.7 Å². The maximum Gasteiger partial charge on any atom is 0.246 e. The van der Waals surface area contributed by atoms with Gasteiger partial charge in [0, 0.05) is 18.8 Å². The molecule has 1 amide bonds. The topological polar surface area (TPSA) is 67.8 Å². The molecule has 1 rings (SSSR count). The number of hydrogen-bond acceptors (Lipinski definition) is 4. The van der Waals surface area contributed by atoms with E-state index >= 15 is 0 Å². The van der Waals surface area contributed by atoms with Crippen LogP contribution in [0.1, 0.15) is 72.6 Å². The molecule has 0 heterocycles. The predicted molar refractivity (Wildman–Crippen MR) is 101 cm³/mol. The van der Waals surface area contributed by atoms with E-state index in [1.165, 1.54) is 0 Å². The molecule has 0 aromatic carbocycles. The third-order valence-corrected chi connectivity index (χ3v) is 4.58. The maximum absolute atomic E-state index is 12.2. The Balaban J connectivity index is 2.27. The molecule has 1 unspecified atom stereocenters. The monoisotopic (exact) mass is 355 g/mol. The first-order chi connectivity index (χ1) is 11.7. The van der Waals surface area contributed by atoms with Gasteiger partial charge in [-0.1, -0.05) is 12.2 Å². The van der Waals surface area contributed by atoms with E-state index in [9.17, 15) is 4.79 Å². The lowest BCUT2D eigenvalue weighted by molar-refractivity contribution is -0.130. The van der Waals surface area contributed by atoms with Crippen molar-refractivity contribution < 1.29 is 19.4 Å². The fraction of sp³-hybridized carbons (Fsp3) is 0.850. The zero-order chi connectivity index (χ0) is 18.8. The SMILES string of the molecule is CC(C)(CCOC(C)(C)CCO)NC(=O)COC1CC/C=C/CCC1. The van der Waals surface area contributed by atoms with Crippen LogP contribution in [0.25, 0.3) is 0 Å². The predicted octanol–water partition coefficient (Wildman–Crippen LogP) is 3.35. The normalized spacial score (nSPS) is 20.6. The number of nitrogens with one attached hydrogen (secondary N) is 1. The Morgan fingerprint density at radius 2 is 1.88 bits per heavy atom. The van der Waals surface area contributed by atoms with E-state index in [4.69, 9.17) is 14.6 Å². The summed E-state index contributed by atoms with van der Waals surface area (Å²) >= 11 is 0. The molecule has 0 fully saturated rings. The largest absolute Gasteiger partial charge is 0.396 e. The highest BCUT2D eigenvalue weighted by molar-refractivity contribution is 5.77. The first-order valence-corrected chi connectivity index (χ1v) is 9.56. The average Bonchev–Trinajstić information content (AvgIpc) is 2.44. The van der Waals surface area contributed by atoms with Crippen LogP contribution in [0, 0.1) is 0 Å². The molecule has 0 bridgehead atoms. The maximum atomic E-state index is 12.2. The smallest absolute Gasteiger partial charge is 0.246 e. The van der Waals surface area contributed by atoms with Gasteiger partial charge in [-0.15, -0.1) is 0 Å². The van der Waals surface area contributed by atoms with Crippen molar-refractivity contribution in [2.45, 2.75) is 89.9 Å². The first kappa shape index (κ1) is 22.1. The van der Waals surface area contributed by atoms with Gasteiger partial charge in [0.05, 0.1) is 11.7 Å². The fourth-order valence-electron chi connectivity index (χ4n) is 2.89. The van der Waals surface area contributed by atoms with Crippen molar-refractivity contribution in [3.63, 3.8) is 0 Å². The number of carbonyl (C=O) groups is 1. The van der Waals surface area contributed by atoms with Crippen molar-refractivity contribution >= 4 is 5.91 Å². The summed E-state index contributed by atoms with van der Waals surface area (Å²) in [7, 11) is 0. The van der Waals surface area contributed by atoms with Crippen LogP contribution in [0.2, 0.25) is 0 Å². The summed E-state index contributed by atoms with van der Waals surface area (Å²) in [5.41, 5.74) is -0.690. The van der Waals surface area contributed by atoms with Crippen molar-refractivity contribution in [2.75, 3.05) is 19.8 Å². The number of carbonyl (C=O) groups excluding carboxylic acids is 1. The van der Waals surface area contributed by atoms with Crippen LogP contribution in [-0.2, 0) is 14.3 Å². The third-order valence-electron chi connectivity index (χ3n) is 4.58. The Hall–Kier alpha value is -0.910. The summed E-state index contributed by atoms with van der Waals surface area (Å²) in [6, 6.07) is 0. The van der Waals surface area contributed by atoms with Gasteiger partial charge in [-0.25, -0.2) is 0 Å². The number of allylic oxidation sites excluding steroid dienone is 2. The lowest BCUT2D eigenvalue weighted by Crippen LogP contribution is -2.46. The second-order valence-electron chi connectivity index (χ2n) is 8.18. The van der Waals surface area contributed by atoms with Crippen molar-refractivity contribution in [1.82, 2.24) is 5.32 Å². The van der Waals surface area contributed by atoms with E-state index in [-0.39, 0.29) is 36.4 Å². The minimum absolute atomic E-state index is 0.0720. The number of aliphatic hydroxyl groups excluding tert-OH is 1. The molecule has 0 saturated heterocycles. The quantitative estimate of drug-likeness (QED) is 0.590. The highest BCUT2D eigenvalue weighted by Gasteiger charge is 2.24. The zero-order valence-corrected chi connectivity index (χ0v) is 16.5. The number of hydrogen-bond donors (Lipinski definition) is 2. The van der Waals surface area contributed by atoms with Gasteiger partial charge in [0.2, 0.25) is 5.91 Å². The van der Waals surface area contributed by atoms with Gasteiger partial charge in [-0.3, -0.25) is 4.79 Å². The van der Waals surface area contributed by atoms with E-state index in [1.54, 1.807) is 0 Å². The highest BCUT2D eigenvalue weighted by atomic mass is 16.5. The number of ether oxygens (including phenoxy) is 2. The second kappa shape index (κ2) is 10.9. The van der Waals surface area contributed by atoms with E-state index in [2.05, 4.69) is 17.5 Å². The minimum Gasteiger partial charge on any atom is -0.396 e. The standard InChI is InChI=1S/C20H37NO4/c1-19(2,13-15-25-20(3,4)12-14-22)21-18(23)16-24-17-10-8-6-5-7-9-11-17/h5-6,17,22H,7-16H2,1-4H3,(H,21,23)/b6-5+. The first-order valence-electron chi connectivity index (χ1n) is 9.56. The summed E-state index contributed by atoms with van der Waals surface area (Å²) in [4.78, 5) is 12.2. The summed E-state index contributed by atoms with van der Waals surface area (Å²) in [5, 5.41) is 12.1. The molecule has 0 spiro atoms. The number of amides is 1. The Kier molecular flexibility index (Phi) is 9.69. The van der Waals surface area contributed by atoms with Crippen LogP contribution < -0.4 is 5.32 Å². The summed E-state index contributed by atoms with van der Waals surface area (Å²) in [5.74, 6) is -0.0720. The Bertz CT molecular complexity index is 418. The van der Waals surface area contributed by atoms with Gasteiger partial charge in [0.1, 0.15) is 6.61 Å². The highest BCUT2D eigenvalue weighted by Crippen LogP contribution is 2.18. The zero-order valence-electron chi connectivity index (χ0n) is 16.5. The third kappa shape index (κ3) is 10.6. The lowest BCUT2D eigenvalue weighted by atomic mass is 10.0. The molecule has 5 heteroatoms. The van der Waals surface area contributed by atoms with Crippen molar-refractivity contribution in [1.29, 1.82) is 0 Å². The van der Waals surface area contributed by atoms with Crippen LogP contribution in [0.15, 0.2) is 12.2 Å². The molecular weight excluding hydrogens is 318 g/mol. The van der Waals surface area contributed by atoms with Crippen LogP contribution in [0.3, 0.4) is 0 Å². The van der Waals surface area contributed by atoms with Crippen LogP contribution in [0.5, 0.6) is 0 Å². The van der Waals surface area contributed by atoms with Crippen molar-refractivity contribution in [3.05, 3.63) is 12.2 Å². The molecule has 0 radical (unpaired) electrons.